The fourth-order valence-electron chi connectivity index (χ4n) is 2.30. The Morgan fingerprint density at radius 1 is 1.31 bits per heavy atom. The van der Waals surface area contributed by atoms with Gasteiger partial charge in [-0.3, -0.25) is 4.99 Å². The van der Waals surface area contributed by atoms with Crippen LogP contribution in [0.4, 0.5) is 0 Å². The molecule has 5 heteroatoms. The van der Waals surface area contributed by atoms with Gasteiger partial charge in [0.2, 0.25) is 0 Å². The summed E-state index contributed by atoms with van der Waals surface area (Å²) >= 11 is 0. The number of ether oxygens (including phenoxy) is 1. The van der Waals surface area contributed by atoms with Gasteiger partial charge in [-0.25, -0.2) is 0 Å². The fourth-order valence-corrected chi connectivity index (χ4v) is 2.30. The first kappa shape index (κ1) is 16.0. The van der Waals surface area contributed by atoms with E-state index < -0.39 is 0 Å². The molecule has 0 saturated heterocycles. The zero-order valence-electron chi connectivity index (χ0n) is 10.1. The normalized spacial score (nSPS) is 17.8. The molecular formula is C11H24IN3O. The van der Waals surface area contributed by atoms with Crippen molar-refractivity contribution in [1.82, 2.24) is 0 Å². The summed E-state index contributed by atoms with van der Waals surface area (Å²) in [7, 11) is 0. The molecule has 0 aromatic rings. The van der Waals surface area contributed by atoms with Crippen LogP contribution in [0.25, 0.3) is 0 Å². The molecule has 1 saturated carbocycles. The molecule has 0 bridgehead atoms. The van der Waals surface area contributed by atoms with Crippen molar-refractivity contribution in [1.29, 1.82) is 0 Å². The summed E-state index contributed by atoms with van der Waals surface area (Å²) in [5.41, 5.74) is 11.1. The van der Waals surface area contributed by atoms with Gasteiger partial charge in [0, 0.05) is 19.8 Å². The zero-order valence-corrected chi connectivity index (χ0v) is 12.4. The highest BCUT2D eigenvalue weighted by molar-refractivity contribution is 14.0. The van der Waals surface area contributed by atoms with E-state index in [0.29, 0.717) is 5.41 Å². The van der Waals surface area contributed by atoms with Crippen LogP contribution in [-0.2, 0) is 4.74 Å². The SMILES string of the molecule is CCOCCC1(CN=C(N)N)CCCC1.I. The molecule has 4 nitrogen and oxygen atoms in total. The van der Waals surface area contributed by atoms with Crippen molar-refractivity contribution >= 4 is 29.9 Å². The van der Waals surface area contributed by atoms with Crippen LogP contribution >= 0.6 is 24.0 Å². The number of hydrogen-bond acceptors (Lipinski definition) is 2. The number of guanidine groups is 1. The molecule has 1 rings (SSSR count). The molecule has 4 N–H and O–H groups in total. The van der Waals surface area contributed by atoms with Crippen LogP contribution in [0.5, 0.6) is 0 Å². The van der Waals surface area contributed by atoms with Gasteiger partial charge >= 0.3 is 0 Å². The lowest BCUT2D eigenvalue weighted by Gasteiger charge is -2.26. The molecule has 0 aromatic carbocycles. The van der Waals surface area contributed by atoms with Crippen LogP contribution in [0.2, 0.25) is 0 Å². The quantitative estimate of drug-likeness (QED) is 0.335. The molecule has 0 radical (unpaired) electrons. The van der Waals surface area contributed by atoms with Gasteiger partial charge in [0.25, 0.3) is 0 Å². The minimum absolute atomic E-state index is 0. The van der Waals surface area contributed by atoms with E-state index >= 15 is 0 Å². The summed E-state index contributed by atoms with van der Waals surface area (Å²) in [4.78, 5) is 4.17. The Kier molecular flexibility index (Phi) is 8.09. The predicted molar refractivity (Wildman–Crippen MR) is 78.1 cm³/mol. The topological polar surface area (TPSA) is 73.6 Å². The Morgan fingerprint density at radius 2 is 1.94 bits per heavy atom. The number of rotatable bonds is 6. The third-order valence-corrected chi connectivity index (χ3v) is 3.24. The Hall–Kier alpha value is -0.0400. The van der Waals surface area contributed by atoms with Gasteiger partial charge in [-0.15, -0.1) is 24.0 Å². The summed E-state index contributed by atoms with van der Waals surface area (Å²) in [6.45, 7) is 4.41. The monoisotopic (exact) mass is 341 g/mol. The molecule has 0 heterocycles. The van der Waals surface area contributed by atoms with Crippen LogP contribution in [0.3, 0.4) is 0 Å². The minimum atomic E-state index is 0. The number of aliphatic imine (C=N–C) groups is 1. The summed E-state index contributed by atoms with van der Waals surface area (Å²) in [6, 6.07) is 0. The van der Waals surface area contributed by atoms with Crippen molar-refractivity contribution in [3.63, 3.8) is 0 Å². The maximum Gasteiger partial charge on any atom is 0.185 e. The third kappa shape index (κ3) is 5.34. The van der Waals surface area contributed by atoms with E-state index in [-0.39, 0.29) is 29.9 Å². The Bertz CT molecular complexity index is 211. The average molecular weight is 341 g/mol. The Morgan fingerprint density at radius 3 is 2.44 bits per heavy atom. The largest absolute Gasteiger partial charge is 0.382 e. The highest BCUT2D eigenvalue weighted by atomic mass is 127. The first-order chi connectivity index (χ1) is 7.18. The van der Waals surface area contributed by atoms with Crippen LogP contribution in [0.15, 0.2) is 4.99 Å². The molecule has 0 aliphatic heterocycles. The molecule has 0 spiro atoms. The maximum atomic E-state index is 5.42. The van der Waals surface area contributed by atoms with Crippen molar-refractivity contribution in [2.45, 2.75) is 39.0 Å². The standard InChI is InChI=1S/C11H23N3O.HI/c1-2-15-8-7-11(5-3-4-6-11)9-14-10(12)13;/h2-9H2,1H3,(H4,12,13,14);1H. The van der Waals surface area contributed by atoms with Crippen LogP contribution in [-0.4, -0.2) is 25.7 Å². The molecule has 0 unspecified atom stereocenters. The fraction of sp³-hybridized carbons (Fsp3) is 0.909. The molecule has 1 aliphatic rings. The van der Waals surface area contributed by atoms with E-state index in [1.807, 2.05) is 6.92 Å². The van der Waals surface area contributed by atoms with Crippen LogP contribution in [0.1, 0.15) is 39.0 Å². The second-order valence-electron chi connectivity index (χ2n) is 4.40. The Labute approximate surface area is 115 Å². The Balaban J connectivity index is 0.00000225. The lowest BCUT2D eigenvalue weighted by molar-refractivity contribution is 0.107. The molecule has 16 heavy (non-hydrogen) atoms. The predicted octanol–water partition coefficient (Wildman–Crippen LogP) is 1.86. The van der Waals surface area contributed by atoms with Crippen molar-refractivity contribution in [3.8, 4) is 0 Å². The number of halogens is 1. The van der Waals surface area contributed by atoms with Gasteiger partial charge in [0.15, 0.2) is 5.96 Å². The highest BCUT2D eigenvalue weighted by Gasteiger charge is 2.33. The van der Waals surface area contributed by atoms with Crippen LogP contribution in [0, 0.1) is 5.41 Å². The average Bonchev–Trinajstić information content (AvgIpc) is 2.65. The zero-order chi connectivity index (χ0) is 11.1. The van der Waals surface area contributed by atoms with E-state index in [1.54, 1.807) is 0 Å². The number of nitrogens with zero attached hydrogens (tertiary/aromatic N) is 1. The van der Waals surface area contributed by atoms with Crippen LogP contribution < -0.4 is 11.5 Å². The van der Waals surface area contributed by atoms with E-state index in [4.69, 9.17) is 16.2 Å². The minimum Gasteiger partial charge on any atom is -0.382 e. The lowest BCUT2D eigenvalue weighted by Crippen LogP contribution is -2.28. The van der Waals surface area contributed by atoms with E-state index in [2.05, 4.69) is 4.99 Å². The number of hydrogen-bond donors (Lipinski definition) is 2. The first-order valence-electron chi connectivity index (χ1n) is 5.82. The summed E-state index contributed by atoms with van der Waals surface area (Å²) < 4.78 is 5.42. The van der Waals surface area contributed by atoms with Gasteiger partial charge in [-0.2, -0.15) is 0 Å². The maximum absolute atomic E-state index is 5.42. The van der Waals surface area contributed by atoms with Crippen molar-refractivity contribution in [2.24, 2.45) is 21.9 Å². The van der Waals surface area contributed by atoms with Crippen molar-refractivity contribution < 1.29 is 4.74 Å². The molecule has 1 aliphatic carbocycles. The van der Waals surface area contributed by atoms with Gasteiger partial charge < -0.3 is 16.2 Å². The van der Waals surface area contributed by atoms with E-state index in [1.165, 1.54) is 25.7 Å². The van der Waals surface area contributed by atoms with E-state index in [9.17, 15) is 0 Å². The lowest BCUT2D eigenvalue weighted by atomic mass is 9.83. The number of nitrogens with two attached hydrogens (primary N) is 2. The van der Waals surface area contributed by atoms with Crippen molar-refractivity contribution in [2.75, 3.05) is 19.8 Å². The third-order valence-electron chi connectivity index (χ3n) is 3.24. The molecule has 0 atom stereocenters. The first-order valence-corrected chi connectivity index (χ1v) is 5.82. The second-order valence-corrected chi connectivity index (χ2v) is 4.40. The highest BCUT2D eigenvalue weighted by Crippen LogP contribution is 2.41. The van der Waals surface area contributed by atoms with E-state index in [0.717, 1.165) is 26.2 Å². The molecular weight excluding hydrogens is 317 g/mol. The molecule has 96 valence electrons. The van der Waals surface area contributed by atoms with Gasteiger partial charge in [0.1, 0.15) is 0 Å². The molecule has 0 aromatic heterocycles. The summed E-state index contributed by atoms with van der Waals surface area (Å²) in [6.07, 6.45) is 6.14. The van der Waals surface area contributed by atoms with Gasteiger partial charge in [-0.05, 0) is 31.6 Å². The van der Waals surface area contributed by atoms with Gasteiger partial charge in [0.05, 0.1) is 0 Å². The molecule has 0 amide bonds. The second kappa shape index (κ2) is 8.11. The summed E-state index contributed by atoms with van der Waals surface area (Å²) in [5, 5.41) is 0. The smallest absolute Gasteiger partial charge is 0.185 e. The van der Waals surface area contributed by atoms with Crippen molar-refractivity contribution in [3.05, 3.63) is 0 Å². The van der Waals surface area contributed by atoms with Gasteiger partial charge in [-0.1, -0.05) is 12.8 Å². The summed E-state index contributed by atoms with van der Waals surface area (Å²) in [5.74, 6) is 0.206. The molecule has 1 fully saturated rings.